The fraction of sp³-hybridized carbons (Fsp3) is 0.0833. The van der Waals surface area contributed by atoms with Crippen LogP contribution in [0.1, 0.15) is 22.5 Å². The first-order valence-corrected chi connectivity index (χ1v) is 14.2. The predicted octanol–water partition coefficient (Wildman–Crippen LogP) is 7.82. The molecule has 44 heavy (non-hydrogen) atoms. The Morgan fingerprint density at radius 2 is 1.70 bits per heavy atom. The number of nitrogens with zero attached hydrogens (tertiary/aromatic N) is 4. The van der Waals surface area contributed by atoms with E-state index >= 15 is 0 Å². The standard InChI is InChI=1S/C36H27FN4O3/c1-23-18-27(24(2)40(23)29-14-16-30(17-15-29)43-22-25-8-7-10-28(37)19-25)21-38-41-35(34-20-26-9-3-6-13-33(26)44-34)39-32-12-5-4-11-31(32)36(41)42/h3-21H,22H2,1-2H3. The zero-order valence-electron chi connectivity index (χ0n) is 24.1. The van der Waals surface area contributed by atoms with Gasteiger partial charge in [0.05, 0.1) is 17.1 Å². The Balaban J connectivity index is 1.21. The lowest BCUT2D eigenvalue weighted by Crippen LogP contribution is -2.20. The molecule has 0 spiro atoms. The van der Waals surface area contributed by atoms with Crippen molar-refractivity contribution in [3.05, 3.63) is 148 Å². The second kappa shape index (κ2) is 11.1. The highest BCUT2D eigenvalue weighted by atomic mass is 19.1. The molecule has 8 heteroatoms. The molecule has 0 saturated carbocycles. The van der Waals surface area contributed by atoms with E-state index in [1.807, 2.05) is 98.8 Å². The number of rotatable bonds is 7. The van der Waals surface area contributed by atoms with Crippen LogP contribution in [0.4, 0.5) is 4.39 Å². The van der Waals surface area contributed by atoms with Crippen LogP contribution in [-0.2, 0) is 6.61 Å². The molecule has 216 valence electrons. The van der Waals surface area contributed by atoms with Crippen LogP contribution < -0.4 is 10.3 Å². The summed E-state index contributed by atoms with van der Waals surface area (Å²) in [7, 11) is 0. The van der Waals surface area contributed by atoms with Gasteiger partial charge in [-0.2, -0.15) is 9.78 Å². The van der Waals surface area contributed by atoms with Gasteiger partial charge >= 0.3 is 0 Å². The Morgan fingerprint density at radius 3 is 2.52 bits per heavy atom. The van der Waals surface area contributed by atoms with Gasteiger partial charge in [0.15, 0.2) is 5.76 Å². The number of hydrogen-bond donors (Lipinski definition) is 0. The third kappa shape index (κ3) is 5.07. The summed E-state index contributed by atoms with van der Waals surface area (Å²) in [5.74, 6) is 1.18. The summed E-state index contributed by atoms with van der Waals surface area (Å²) in [6.45, 7) is 4.30. The fourth-order valence-electron chi connectivity index (χ4n) is 5.40. The highest BCUT2D eigenvalue weighted by Gasteiger charge is 2.17. The Bertz CT molecular complexity index is 2210. The number of ether oxygens (including phenoxy) is 1. The van der Waals surface area contributed by atoms with Crippen molar-refractivity contribution in [1.82, 2.24) is 14.2 Å². The lowest BCUT2D eigenvalue weighted by molar-refractivity contribution is 0.305. The van der Waals surface area contributed by atoms with Gasteiger partial charge in [-0.1, -0.05) is 42.5 Å². The van der Waals surface area contributed by atoms with Crippen molar-refractivity contribution < 1.29 is 13.5 Å². The van der Waals surface area contributed by atoms with E-state index in [0.29, 0.717) is 33.8 Å². The Hall–Kier alpha value is -5.76. The zero-order valence-corrected chi connectivity index (χ0v) is 24.1. The summed E-state index contributed by atoms with van der Waals surface area (Å²) < 4.78 is 28.8. The molecule has 0 atom stereocenters. The molecule has 0 aliphatic carbocycles. The molecule has 0 amide bonds. The Kier molecular flexibility index (Phi) is 6.86. The first-order valence-electron chi connectivity index (χ1n) is 14.2. The first kappa shape index (κ1) is 27.1. The minimum atomic E-state index is -0.287. The summed E-state index contributed by atoms with van der Waals surface area (Å²) in [6.07, 6.45) is 1.68. The maximum Gasteiger partial charge on any atom is 0.282 e. The molecule has 7 nitrogen and oxygen atoms in total. The quantitative estimate of drug-likeness (QED) is 0.180. The monoisotopic (exact) mass is 582 g/mol. The van der Waals surface area contributed by atoms with Crippen LogP contribution in [0.2, 0.25) is 0 Å². The van der Waals surface area contributed by atoms with Crippen molar-refractivity contribution in [2.75, 3.05) is 0 Å². The molecule has 0 aliphatic rings. The second-order valence-corrected chi connectivity index (χ2v) is 10.5. The van der Waals surface area contributed by atoms with E-state index in [1.165, 1.54) is 16.8 Å². The van der Waals surface area contributed by atoms with Gasteiger partial charge in [-0.15, -0.1) is 0 Å². The van der Waals surface area contributed by atoms with E-state index < -0.39 is 0 Å². The molecule has 4 aromatic carbocycles. The van der Waals surface area contributed by atoms with E-state index in [9.17, 15) is 9.18 Å². The summed E-state index contributed by atoms with van der Waals surface area (Å²) in [5.41, 5.74) is 5.50. The number of aromatic nitrogens is 3. The second-order valence-electron chi connectivity index (χ2n) is 10.5. The average Bonchev–Trinajstić information content (AvgIpc) is 3.59. The highest BCUT2D eigenvalue weighted by molar-refractivity contribution is 5.85. The van der Waals surface area contributed by atoms with Gasteiger partial charge in [-0.3, -0.25) is 4.79 Å². The maximum atomic E-state index is 13.7. The van der Waals surface area contributed by atoms with Crippen molar-refractivity contribution in [2.24, 2.45) is 5.10 Å². The van der Waals surface area contributed by atoms with Gasteiger partial charge in [-0.25, -0.2) is 9.37 Å². The van der Waals surface area contributed by atoms with Crippen LogP contribution in [-0.4, -0.2) is 20.4 Å². The van der Waals surface area contributed by atoms with Gasteiger partial charge in [0.25, 0.3) is 5.56 Å². The lowest BCUT2D eigenvalue weighted by atomic mass is 10.2. The summed E-state index contributed by atoms with van der Waals surface area (Å²) in [6, 6.07) is 32.9. The van der Waals surface area contributed by atoms with E-state index in [2.05, 4.69) is 9.67 Å². The van der Waals surface area contributed by atoms with Gasteiger partial charge < -0.3 is 13.7 Å². The lowest BCUT2D eigenvalue weighted by Gasteiger charge is -2.11. The zero-order chi connectivity index (χ0) is 30.2. The molecule has 0 unspecified atom stereocenters. The number of para-hydroxylation sites is 2. The highest BCUT2D eigenvalue weighted by Crippen LogP contribution is 2.28. The van der Waals surface area contributed by atoms with Crippen molar-refractivity contribution in [1.29, 1.82) is 0 Å². The molecule has 0 aliphatic heterocycles. The van der Waals surface area contributed by atoms with Crippen molar-refractivity contribution in [2.45, 2.75) is 20.5 Å². The molecule has 3 heterocycles. The smallest absolute Gasteiger partial charge is 0.282 e. The minimum absolute atomic E-state index is 0.276. The molecule has 0 N–H and O–H groups in total. The molecule has 0 fully saturated rings. The van der Waals surface area contributed by atoms with Gasteiger partial charge in [-0.05, 0) is 86.1 Å². The number of hydrogen-bond acceptors (Lipinski definition) is 5. The third-order valence-electron chi connectivity index (χ3n) is 7.57. The van der Waals surface area contributed by atoms with Crippen molar-refractivity contribution in [3.8, 4) is 23.0 Å². The molecule has 7 rings (SSSR count). The number of halogens is 1. The third-order valence-corrected chi connectivity index (χ3v) is 7.57. The molecule has 0 bridgehead atoms. The summed E-state index contributed by atoms with van der Waals surface area (Å²) in [4.78, 5) is 18.4. The largest absolute Gasteiger partial charge is 0.489 e. The van der Waals surface area contributed by atoms with Crippen LogP contribution in [0.5, 0.6) is 5.75 Å². The van der Waals surface area contributed by atoms with E-state index in [1.54, 1.807) is 18.3 Å². The Labute approximate surface area is 252 Å². The van der Waals surface area contributed by atoms with Gasteiger partial charge in [0.1, 0.15) is 23.8 Å². The van der Waals surface area contributed by atoms with Crippen molar-refractivity contribution >= 4 is 28.1 Å². The minimum Gasteiger partial charge on any atom is -0.489 e. The molecule has 0 radical (unpaired) electrons. The van der Waals surface area contributed by atoms with Crippen LogP contribution >= 0.6 is 0 Å². The van der Waals surface area contributed by atoms with Gasteiger partial charge in [0, 0.05) is 28.0 Å². The van der Waals surface area contributed by atoms with Crippen molar-refractivity contribution in [3.63, 3.8) is 0 Å². The van der Waals surface area contributed by atoms with Crippen LogP contribution in [0.15, 0.2) is 124 Å². The number of furan rings is 1. The van der Waals surface area contributed by atoms with Gasteiger partial charge in [0.2, 0.25) is 5.82 Å². The van der Waals surface area contributed by atoms with E-state index in [4.69, 9.17) is 14.1 Å². The topological polar surface area (TPSA) is 74.5 Å². The van der Waals surface area contributed by atoms with E-state index in [0.717, 1.165) is 33.6 Å². The summed E-state index contributed by atoms with van der Waals surface area (Å²) >= 11 is 0. The first-order chi connectivity index (χ1) is 21.4. The number of benzene rings is 4. The maximum absolute atomic E-state index is 13.7. The Morgan fingerprint density at radius 1 is 0.909 bits per heavy atom. The molecule has 0 saturated heterocycles. The predicted molar refractivity (Wildman–Crippen MR) is 170 cm³/mol. The number of aryl methyl sites for hydroxylation is 1. The van der Waals surface area contributed by atoms with Crippen LogP contribution in [0, 0.1) is 19.7 Å². The van der Waals surface area contributed by atoms with Crippen LogP contribution in [0.25, 0.3) is 39.1 Å². The normalized spacial score (nSPS) is 11.6. The average molecular weight is 583 g/mol. The summed E-state index contributed by atoms with van der Waals surface area (Å²) in [5, 5.41) is 6.03. The number of fused-ring (bicyclic) bond motifs is 2. The van der Waals surface area contributed by atoms with E-state index in [-0.39, 0.29) is 18.0 Å². The fourth-order valence-corrected chi connectivity index (χ4v) is 5.40. The van der Waals surface area contributed by atoms with Crippen LogP contribution in [0.3, 0.4) is 0 Å². The molecular formula is C36H27FN4O3. The molecular weight excluding hydrogens is 555 g/mol. The molecule has 3 aromatic heterocycles. The SMILES string of the molecule is Cc1cc(C=Nn2c(-c3cc4ccccc4o3)nc3ccccc3c2=O)c(C)n1-c1ccc(OCc2cccc(F)c2)cc1. The molecule has 7 aromatic rings.